The number of nitrogens with zero attached hydrogens (tertiary/aromatic N) is 2. The van der Waals surface area contributed by atoms with E-state index in [1.807, 2.05) is 6.07 Å². The summed E-state index contributed by atoms with van der Waals surface area (Å²) in [5.74, 6) is 0.729. The summed E-state index contributed by atoms with van der Waals surface area (Å²) < 4.78 is 24.1. The highest BCUT2D eigenvalue weighted by molar-refractivity contribution is 5.87. The van der Waals surface area contributed by atoms with E-state index in [0.29, 0.717) is 66.5 Å². The van der Waals surface area contributed by atoms with E-state index in [4.69, 9.17) is 30.1 Å². The predicted molar refractivity (Wildman–Crippen MR) is 170 cm³/mol. The van der Waals surface area contributed by atoms with E-state index in [1.54, 1.807) is 51.2 Å². The summed E-state index contributed by atoms with van der Waals surface area (Å²) >= 11 is 0. The van der Waals surface area contributed by atoms with Crippen LogP contribution < -0.4 is 21.6 Å². The minimum absolute atomic E-state index is 0.00455. The van der Waals surface area contributed by atoms with E-state index in [1.165, 1.54) is 6.07 Å². The Labute approximate surface area is 265 Å². The summed E-state index contributed by atoms with van der Waals surface area (Å²) in [5, 5.41) is 20.6. The molecule has 6 rings (SSSR count). The van der Waals surface area contributed by atoms with Gasteiger partial charge in [0.2, 0.25) is 0 Å². The summed E-state index contributed by atoms with van der Waals surface area (Å²) in [6.45, 7) is 5.25. The third-order valence-electron chi connectivity index (χ3n) is 8.76. The molecule has 2 aliphatic heterocycles. The summed E-state index contributed by atoms with van der Waals surface area (Å²) in [5.41, 5.74) is 12.4. The maximum atomic E-state index is 13.9. The Morgan fingerprint density at radius 3 is 2.70 bits per heavy atom. The third-order valence-corrected chi connectivity index (χ3v) is 8.76. The van der Waals surface area contributed by atoms with Crippen LogP contribution in [0.5, 0.6) is 11.5 Å². The van der Waals surface area contributed by atoms with E-state index in [2.05, 4.69) is 9.97 Å². The molecule has 4 aromatic rings. The highest BCUT2D eigenvalue weighted by Gasteiger charge is 2.63. The van der Waals surface area contributed by atoms with Crippen LogP contribution in [0.2, 0.25) is 0 Å². The Morgan fingerprint density at radius 1 is 1.13 bits per heavy atom. The lowest BCUT2D eigenvalue weighted by Crippen LogP contribution is -2.50. The molecule has 0 radical (unpaired) electrons. The number of phenols is 1. The van der Waals surface area contributed by atoms with Crippen molar-refractivity contribution in [3.63, 3.8) is 0 Å². The van der Waals surface area contributed by atoms with Crippen LogP contribution in [0, 0.1) is 6.92 Å². The second kappa shape index (κ2) is 11.9. The summed E-state index contributed by atoms with van der Waals surface area (Å²) in [7, 11) is 0. The second-order valence-corrected chi connectivity index (χ2v) is 12.6. The SMILES string of the molecule is Cc1cc(=O)c2c(O)c3c(cc2o1)OC(C)(C)C(OC(=O)C1(CCCCO)OC1CCc1cc(N)nc(-c2ccnc(N)c2)c1)C3. The molecule has 0 spiro atoms. The van der Waals surface area contributed by atoms with Gasteiger partial charge in [0.1, 0.15) is 51.6 Å². The smallest absolute Gasteiger partial charge is 0.341 e. The van der Waals surface area contributed by atoms with Crippen molar-refractivity contribution in [3.8, 4) is 22.8 Å². The number of fused-ring (bicyclic) bond motifs is 2. The van der Waals surface area contributed by atoms with Crippen molar-refractivity contribution >= 4 is 28.6 Å². The number of aryl methyl sites for hydroxylation is 2. The quantitative estimate of drug-likeness (QED) is 0.112. The van der Waals surface area contributed by atoms with Crippen LogP contribution >= 0.6 is 0 Å². The summed E-state index contributed by atoms with van der Waals surface area (Å²) in [6, 6.07) is 10.2. The number of carbonyl (C=O) groups excluding carboxylic acids is 1. The fourth-order valence-corrected chi connectivity index (χ4v) is 6.24. The van der Waals surface area contributed by atoms with Gasteiger partial charge in [-0.15, -0.1) is 0 Å². The van der Waals surface area contributed by atoms with E-state index >= 15 is 0 Å². The highest BCUT2D eigenvalue weighted by Crippen LogP contribution is 2.47. The largest absolute Gasteiger partial charge is 0.507 e. The van der Waals surface area contributed by atoms with Gasteiger partial charge in [-0.2, -0.15) is 0 Å². The lowest BCUT2D eigenvalue weighted by atomic mass is 9.89. The Morgan fingerprint density at radius 2 is 1.93 bits per heavy atom. The first-order chi connectivity index (χ1) is 21.9. The molecule has 5 heterocycles. The zero-order valence-electron chi connectivity index (χ0n) is 26.0. The van der Waals surface area contributed by atoms with Crippen LogP contribution in [0.4, 0.5) is 11.6 Å². The number of hydrogen-bond acceptors (Lipinski definition) is 12. The fourth-order valence-electron chi connectivity index (χ4n) is 6.24. The number of esters is 1. The molecule has 46 heavy (non-hydrogen) atoms. The maximum Gasteiger partial charge on any atom is 0.341 e. The molecular weight excluding hydrogens is 592 g/mol. The number of hydrogen-bond donors (Lipinski definition) is 4. The number of epoxide rings is 1. The van der Waals surface area contributed by atoms with Gasteiger partial charge in [0, 0.05) is 42.5 Å². The van der Waals surface area contributed by atoms with Crippen molar-refractivity contribution in [1.82, 2.24) is 9.97 Å². The molecule has 0 aliphatic carbocycles. The molecule has 12 heteroatoms. The second-order valence-electron chi connectivity index (χ2n) is 12.6. The van der Waals surface area contributed by atoms with Gasteiger partial charge in [0.15, 0.2) is 11.0 Å². The number of rotatable bonds is 10. The van der Waals surface area contributed by atoms with Gasteiger partial charge in [-0.05, 0) is 82.7 Å². The number of aromatic nitrogens is 2. The normalized spacial score (nSPS) is 21.4. The molecule has 0 amide bonds. The lowest BCUT2D eigenvalue weighted by Gasteiger charge is -2.39. The summed E-state index contributed by atoms with van der Waals surface area (Å²) in [4.78, 5) is 35.0. The molecule has 1 fully saturated rings. The van der Waals surface area contributed by atoms with Crippen LogP contribution in [0.1, 0.15) is 56.4 Å². The van der Waals surface area contributed by atoms with Crippen molar-refractivity contribution < 1.29 is 33.6 Å². The van der Waals surface area contributed by atoms with Crippen molar-refractivity contribution in [2.45, 2.75) is 82.7 Å². The van der Waals surface area contributed by atoms with Crippen LogP contribution in [-0.4, -0.2) is 56.2 Å². The Balaban J connectivity index is 1.20. The topological polar surface area (TPSA) is 197 Å². The van der Waals surface area contributed by atoms with Gasteiger partial charge >= 0.3 is 5.97 Å². The van der Waals surface area contributed by atoms with Crippen molar-refractivity contribution in [1.29, 1.82) is 0 Å². The van der Waals surface area contributed by atoms with Crippen molar-refractivity contribution in [2.75, 3.05) is 18.1 Å². The Hall–Kier alpha value is -4.68. The number of nitrogen functional groups attached to an aromatic ring is 2. The molecule has 0 saturated carbocycles. The first-order valence-corrected chi connectivity index (χ1v) is 15.4. The number of nitrogens with two attached hydrogens (primary N) is 2. The number of unbranched alkanes of at least 4 members (excludes halogenated alkanes) is 1. The van der Waals surface area contributed by atoms with Crippen LogP contribution in [0.15, 0.2) is 51.8 Å². The van der Waals surface area contributed by atoms with E-state index < -0.39 is 29.4 Å². The van der Waals surface area contributed by atoms with Crippen molar-refractivity contribution in [3.05, 3.63) is 69.7 Å². The van der Waals surface area contributed by atoms with Crippen molar-refractivity contribution in [2.24, 2.45) is 0 Å². The molecule has 1 aromatic carbocycles. The first kappa shape index (κ1) is 31.3. The van der Waals surface area contributed by atoms with Gasteiger partial charge in [-0.3, -0.25) is 4.79 Å². The van der Waals surface area contributed by atoms with Crippen LogP contribution in [-0.2, 0) is 27.1 Å². The van der Waals surface area contributed by atoms with Gasteiger partial charge < -0.3 is 40.3 Å². The molecule has 2 aliphatic rings. The molecule has 242 valence electrons. The van der Waals surface area contributed by atoms with E-state index in [-0.39, 0.29) is 35.2 Å². The number of aliphatic hydroxyl groups excluding tert-OH is 1. The number of carbonyl (C=O) groups is 1. The minimum atomic E-state index is -1.18. The molecule has 6 N–H and O–H groups in total. The molecule has 0 bridgehead atoms. The fraction of sp³-hybridized carbons (Fsp3) is 0.412. The monoisotopic (exact) mass is 630 g/mol. The standard InChI is InChI=1S/C34H38N4O8/c1-18-12-23(40)30-25(43-18)17-24-21(31(30)41)16-27(33(2,3)45-24)44-32(42)34(9-4-5-11-39)26(46-34)7-6-19-13-22(38-29(36)14-19)20-8-10-37-28(35)15-20/h8,10,12-15,17,26-27,39,41H,4-7,9,11,16H2,1-3H3,(H2,35,37)(H2,36,38). The molecule has 1 saturated heterocycles. The predicted octanol–water partition coefficient (Wildman–Crippen LogP) is 3.99. The number of ether oxygens (including phenoxy) is 3. The summed E-state index contributed by atoms with van der Waals surface area (Å²) in [6.07, 6.45) is 3.06. The molecular formula is C34H38N4O8. The zero-order valence-corrected chi connectivity index (χ0v) is 26.0. The highest BCUT2D eigenvalue weighted by atomic mass is 16.7. The van der Waals surface area contributed by atoms with Gasteiger partial charge in [-0.25, -0.2) is 14.8 Å². The molecule has 3 aromatic heterocycles. The lowest BCUT2D eigenvalue weighted by molar-refractivity contribution is -0.168. The Bertz CT molecular complexity index is 1870. The average molecular weight is 631 g/mol. The number of phenolic OH excluding ortho intramolecular Hbond substituents is 1. The van der Waals surface area contributed by atoms with Gasteiger partial charge in [0.25, 0.3) is 0 Å². The van der Waals surface area contributed by atoms with Gasteiger partial charge in [-0.1, -0.05) is 0 Å². The first-order valence-electron chi connectivity index (χ1n) is 15.4. The number of pyridine rings is 2. The van der Waals surface area contributed by atoms with Gasteiger partial charge in [0.05, 0.1) is 11.8 Å². The maximum absolute atomic E-state index is 13.9. The van der Waals surface area contributed by atoms with Crippen LogP contribution in [0.3, 0.4) is 0 Å². The average Bonchev–Trinajstić information content (AvgIpc) is 3.70. The number of anilines is 2. The Kier molecular flexibility index (Phi) is 8.11. The molecule has 3 unspecified atom stereocenters. The number of benzene rings is 1. The number of aromatic hydroxyl groups is 1. The van der Waals surface area contributed by atoms with E-state index in [0.717, 1.165) is 11.1 Å². The molecule has 12 nitrogen and oxygen atoms in total. The number of aliphatic hydroxyl groups is 1. The third kappa shape index (κ3) is 5.97. The van der Waals surface area contributed by atoms with E-state index in [9.17, 15) is 19.8 Å². The van der Waals surface area contributed by atoms with Crippen LogP contribution in [0.25, 0.3) is 22.2 Å². The zero-order chi connectivity index (χ0) is 32.8. The minimum Gasteiger partial charge on any atom is -0.507 e. The molecule has 3 atom stereocenters.